The van der Waals surface area contributed by atoms with Crippen LogP contribution in [-0.2, 0) is 18.6 Å². The fourth-order valence-corrected chi connectivity index (χ4v) is 4.19. The van der Waals surface area contributed by atoms with Gasteiger partial charge in [-0.3, -0.25) is 4.79 Å². The lowest BCUT2D eigenvalue weighted by Crippen LogP contribution is -2.38. The van der Waals surface area contributed by atoms with E-state index in [2.05, 4.69) is 5.32 Å². The normalized spacial score (nSPS) is 24.6. The number of rotatable bonds is 4. The molecule has 1 aliphatic heterocycles. The Labute approximate surface area is 126 Å². The summed E-state index contributed by atoms with van der Waals surface area (Å²) in [5.74, 6) is 0.0375. The third-order valence-electron chi connectivity index (χ3n) is 3.27. The smallest absolute Gasteiger partial charge is 0.270 e. The van der Waals surface area contributed by atoms with Gasteiger partial charge in [-0.2, -0.15) is 0 Å². The van der Waals surface area contributed by atoms with E-state index in [0.29, 0.717) is 6.61 Å². The Balaban J connectivity index is 2.03. The van der Waals surface area contributed by atoms with E-state index in [9.17, 15) is 13.2 Å². The average molecular weight is 338 g/mol. The molecule has 20 heavy (non-hydrogen) atoms. The van der Waals surface area contributed by atoms with Crippen LogP contribution in [0.15, 0.2) is 16.3 Å². The van der Waals surface area contributed by atoms with Crippen molar-refractivity contribution in [1.29, 1.82) is 0 Å². The first-order chi connectivity index (χ1) is 9.29. The molecule has 3 unspecified atom stereocenters. The maximum atomic E-state index is 12.1. The highest BCUT2D eigenvalue weighted by Crippen LogP contribution is 2.29. The van der Waals surface area contributed by atoms with Gasteiger partial charge in [0.1, 0.15) is 10.3 Å². The van der Waals surface area contributed by atoms with Gasteiger partial charge in [0.05, 0.1) is 6.04 Å². The third kappa shape index (κ3) is 3.52. The second-order valence-electron chi connectivity index (χ2n) is 4.88. The number of nitrogens with one attached hydrogen (secondary N) is 1. The maximum Gasteiger partial charge on any atom is 0.270 e. The highest BCUT2D eigenvalue weighted by Gasteiger charge is 2.31. The molecule has 1 N–H and O–H groups in total. The zero-order valence-corrected chi connectivity index (χ0v) is 13.5. The molecular formula is C12H16ClNO4S2. The highest BCUT2D eigenvalue weighted by atomic mass is 35.7. The van der Waals surface area contributed by atoms with Crippen LogP contribution < -0.4 is 5.32 Å². The summed E-state index contributed by atoms with van der Waals surface area (Å²) in [6.07, 6.45) is 0.453. The number of thiophene rings is 1. The van der Waals surface area contributed by atoms with Crippen molar-refractivity contribution in [3.8, 4) is 0 Å². The van der Waals surface area contributed by atoms with E-state index in [4.69, 9.17) is 15.4 Å². The Morgan fingerprint density at radius 3 is 2.75 bits per heavy atom. The molecule has 0 aromatic carbocycles. The minimum absolute atomic E-state index is 0.0840. The molecule has 1 aromatic rings. The van der Waals surface area contributed by atoms with E-state index in [1.165, 1.54) is 6.07 Å². The summed E-state index contributed by atoms with van der Waals surface area (Å²) in [4.78, 5) is 12.8. The molecule has 0 radical (unpaired) electrons. The van der Waals surface area contributed by atoms with Crippen LogP contribution >= 0.6 is 22.0 Å². The molecule has 1 amide bonds. The summed E-state index contributed by atoms with van der Waals surface area (Å²) >= 11 is 1.06. The number of halogens is 1. The number of hydrogen-bond acceptors (Lipinski definition) is 5. The summed E-state index contributed by atoms with van der Waals surface area (Å²) in [7, 11) is 1.57. The van der Waals surface area contributed by atoms with Crippen molar-refractivity contribution in [2.75, 3.05) is 6.61 Å². The molecule has 1 aliphatic rings. The van der Waals surface area contributed by atoms with Crippen molar-refractivity contribution >= 4 is 37.0 Å². The van der Waals surface area contributed by atoms with Crippen LogP contribution in [0.1, 0.15) is 31.2 Å². The van der Waals surface area contributed by atoms with Crippen molar-refractivity contribution < 1.29 is 17.9 Å². The largest absolute Gasteiger partial charge is 0.368 e. The lowest BCUT2D eigenvalue weighted by atomic mass is 10.0. The number of carbonyl (C=O) groups is 1. The van der Waals surface area contributed by atoms with Gasteiger partial charge in [0.15, 0.2) is 0 Å². The van der Waals surface area contributed by atoms with Crippen molar-refractivity contribution in [3.63, 3.8) is 0 Å². The molecule has 0 spiro atoms. The Morgan fingerprint density at radius 2 is 2.25 bits per heavy atom. The van der Waals surface area contributed by atoms with E-state index < -0.39 is 15.2 Å². The second kappa shape index (κ2) is 6.01. The average Bonchev–Trinajstić information content (AvgIpc) is 2.95. The van der Waals surface area contributed by atoms with Crippen molar-refractivity contribution in [1.82, 2.24) is 5.32 Å². The van der Waals surface area contributed by atoms with Gasteiger partial charge in [0, 0.05) is 22.2 Å². The minimum atomic E-state index is -3.72. The minimum Gasteiger partial charge on any atom is -0.368 e. The Morgan fingerprint density at radius 1 is 1.55 bits per heavy atom. The van der Waals surface area contributed by atoms with Gasteiger partial charge < -0.3 is 10.1 Å². The summed E-state index contributed by atoms with van der Waals surface area (Å²) in [6.45, 7) is 4.38. The van der Waals surface area contributed by atoms with Crippen molar-refractivity contribution in [2.45, 2.75) is 36.6 Å². The van der Waals surface area contributed by atoms with Crippen LogP contribution in [0.2, 0.25) is 0 Å². The molecule has 1 fully saturated rings. The SMILES string of the molecule is CC(NC(=O)C1OCCC1C)c1ccc(S(=O)(=O)Cl)s1. The lowest BCUT2D eigenvalue weighted by molar-refractivity contribution is -0.132. The fourth-order valence-electron chi connectivity index (χ4n) is 2.10. The molecule has 5 nitrogen and oxygen atoms in total. The quantitative estimate of drug-likeness (QED) is 0.855. The summed E-state index contributed by atoms with van der Waals surface area (Å²) < 4.78 is 27.9. The second-order valence-corrected chi connectivity index (χ2v) is 8.79. The third-order valence-corrected chi connectivity index (χ3v) is 6.63. The molecule has 1 aromatic heterocycles. The molecule has 3 atom stereocenters. The molecule has 0 bridgehead atoms. The number of hydrogen-bond donors (Lipinski definition) is 1. The molecule has 0 saturated carbocycles. The Bertz CT molecular complexity index is 598. The fraction of sp³-hybridized carbons (Fsp3) is 0.583. The van der Waals surface area contributed by atoms with Gasteiger partial charge in [0.2, 0.25) is 5.91 Å². The van der Waals surface area contributed by atoms with E-state index in [1.54, 1.807) is 13.0 Å². The number of carbonyl (C=O) groups excluding carboxylic acids is 1. The van der Waals surface area contributed by atoms with Crippen LogP contribution in [0, 0.1) is 5.92 Å². The predicted octanol–water partition coefficient (Wildman–Crippen LogP) is 2.28. The molecule has 112 valence electrons. The number of amides is 1. The predicted molar refractivity (Wildman–Crippen MR) is 77.4 cm³/mol. The molecule has 8 heteroatoms. The first-order valence-electron chi connectivity index (χ1n) is 6.25. The molecule has 2 rings (SSSR count). The molecule has 2 heterocycles. The highest BCUT2D eigenvalue weighted by molar-refractivity contribution is 8.15. The molecule has 0 aliphatic carbocycles. The lowest BCUT2D eigenvalue weighted by Gasteiger charge is -2.18. The summed E-state index contributed by atoms with van der Waals surface area (Å²) in [5.41, 5.74) is 0. The first-order valence-corrected chi connectivity index (χ1v) is 9.38. The van der Waals surface area contributed by atoms with Gasteiger partial charge in [0.25, 0.3) is 9.05 Å². The van der Waals surface area contributed by atoms with Crippen LogP contribution in [0.3, 0.4) is 0 Å². The zero-order chi connectivity index (χ0) is 14.9. The van der Waals surface area contributed by atoms with Crippen LogP contribution in [0.4, 0.5) is 0 Å². The van der Waals surface area contributed by atoms with E-state index >= 15 is 0 Å². The monoisotopic (exact) mass is 337 g/mol. The van der Waals surface area contributed by atoms with E-state index in [-0.39, 0.29) is 22.1 Å². The number of ether oxygens (including phenoxy) is 1. The van der Waals surface area contributed by atoms with Gasteiger partial charge in [-0.25, -0.2) is 8.42 Å². The van der Waals surface area contributed by atoms with E-state index in [0.717, 1.165) is 22.6 Å². The van der Waals surface area contributed by atoms with Gasteiger partial charge >= 0.3 is 0 Å². The Hall–Kier alpha value is -0.630. The molecular weight excluding hydrogens is 322 g/mol. The standard InChI is InChI=1S/C12H16ClNO4S2/c1-7-5-6-18-11(7)12(15)14-8(2)9-3-4-10(19-9)20(13,16)17/h3-4,7-8,11H,5-6H2,1-2H3,(H,14,15). The summed E-state index contributed by atoms with van der Waals surface area (Å²) in [5, 5.41) is 2.84. The van der Waals surface area contributed by atoms with Gasteiger partial charge in [-0.15, -0.1) is 11.3 Å². The summed E-state index contributed by atoms with van der Waals surface area (Å²) in [6, 6.07) is 2.82. The van der Waals surface area contributed by atoms with Gasteiger partial charge in [-0.1, -0.05) is 6.92 Å². The van der Waals surface area contributed by atoms with Crippen molar-refractivity contribution in [2.24, 2.45) is 5.92 Å². The van der Waals surface area contributed by atoms with Crippen LogP contribution in [0.25, 0.3) is 0 Å². The topological polar surface area (TPSA) is 72.5 Å². The van der Waals surface area contributed by atoms with E-state index in [1.807, 2.05) is 6.92 Å². The molecule has 1 saturated heterocycles. The first kappa shape index (κ1) is 15.8. The Kier molecular flexibility index (Phi) is 4.73. The van der Waals surface area contributed by atoms with Crippen molar-refractivity contribution in [3.05, 3.63) is 17.0 Å². The van der Waals surface area contributed by atoms with Gasteiger partial charge in [-0.05, 0) is 31.4 Å². The zero-order valence-electron chi connectivity index (χ0n) is 11.1. The maximum absolute atomic E-state index is 12.1. The van der Waals surface area contributed by atoms with Crippen LogP contribution in [0.5, 0.6) is 0 Å². The van der Waals surface area contributed by atoms with Crippen LogP contribution in [-0.4, -0.2) is 27.0 Å².